The van der Waals surface area contributed by atoms with E-state index in [1.54, 1.807) is 0 Å². The van der Waals surface area contributed by atoms with Gasteiger partial charge in [0.2, 0.25) is 0 Å². The molecule has 0 fully saturated rings. The van der Waals surface area contributed by atoms with Gasteiger partial charge in [0.05, 0.1) is 6.54 Å². The van der Waals surface area contributed by atoms with E-state index >= 15 is 0 Å². The average Bonchev–Trinajstić information content (AvgIpc) is 2.62. The van der Waals surface area contributed by atoms with Gasteiger partial charge in [-0.3, -0.25) is 4.79 Å². The molecule has 4 heteroatoms. The van der Waals surface area contributed by atoms with Crippen LogP contribution in [0.25, 0.3) is 0 Å². The monoisotopic (exact) mass is 355 g/mol. The molecule has 26 heavy (non-hydrogen) atoms. The number of amides is 1. The SMILES string of the molecule is CCc1ccc(O[C@H](CC)C(=O)NCCOc2cc(C)cc(C)c2)cc1. The van der Waals surface area contributed by atoms with E-state index in [1.165, 1.54) is 5.56 Å². The summed E-state index contributed by atoms with van der Waals surface area (Å²) in [6.45, 7) is 9.00. The molecule has 0 heterocycles. The third-order valence-corrected chi connectivity index (χ3v) is 4.14. The Morgan fingerprint density at radius 3 is 2.23 bits per heavy atom. The van der Waals surface area contributed by atoms with Crippen molar-refractivity contribution in [3.63, 3.8) is 0 Å². The molecule has 0 bridgehead atoms. The van der Waals surface area contributed by atoms with Crippen LogP contribution >= 0.6 is 0 Å². The van der Waals surface area contributed by atoms with E-state index in [0.29, 0.717) is 19.6 Å². The molecule has 0 aliphatic rings. The zero-order valence-electron chi connectivity index (χ0n) is 16.2. The van der Waals surface area contributed by atoms with Gasteiger partial charge >= 0.3 is 0 Å². The van der Waals surface area contributed by atoms with Crippen LogP contribution in [-0.4, -0.2) is 25.2 Å². The zero-order chi connectivity index (χ0) is 18.9. The fourth-order valence-electron chi connectivity index (χ4n) is 2.76. The van der Waals surface area contributed by atoms with Gasteiger partial charge in [-0.1, -0.05) is 32.0 Å². The van der Waals surface area contributed by atoms with Crippen molar-refractivity contribution in [1.29, 1.82) is 0 Å². The summed E-state index contributed by atoms with van der Waals surface area (Å²) in [5, 5.41) is 2.89. The van der Waals surface area contributed by atoms with Crippen LogP contribution in [0.15, 0.2) is 42.5 Å². The second-order valence-corrected chi connectivity index (χ2v) is 6.48. The van der Waals surface area contributed by atoms with Gasteiger partial charge < -0.3 is 14.8 Å². The molecule has 1 N–H and O–H groups in total. The van der Waals surface area contributed by atoms with E-state index in [9.17, 15) is 4.79 Å². The maximum absolute atomic E-state index is 12.3. The first-order chi connectivity index (χ1) is 12.5. The summed E-state index contributed by atoms with van der Waals surface area (Å²) in [5.74, 6) is 1.43. The lowest BCUT2D eigenvalue weighted by Crippen LogP contribution is -2.39. The largest absolute Gasteiger partial charge is 0.492 e. The molecule has 0 unspecified atom stereocenters. The lowest BCUT2D eigenvalue weighted by atomic mass is 10.1. The van der Waals surface area contributed by atoms with Gasteiger partial charge in [-0.15, -0.1) is 0 Å². The van der Waals surface area contributed by atoms with E-state index in [1.807, 2.05) is 57.2 Å². The lowest BCUT2D eigenvalue weighted by Gasteiger charge is -2.17. The molecule has 2 rings (SSSR count). The minimum atomic E-state index is -0.497. The van der Waals surface area contributed by atoms with Crippen molar-refractivity contribution in [3.05, 3.63) is 59.2 Å². The predicted molar refractivity (Wildman–Crippen MR) is 105 cm³/mol. The Bertz CT molecular complexity index is 690. The molecular formula is C22H29NO3. The summed E-state index contributed by atoms with van der Waals surface area (Å²) in [6.07, 6.45) is 1.10. The molecule has 0 saturated carbocycles. The first-order valence-corrected chi connectivity index (χ1v) is 9.26. The van der Waals surface area contributed by atoms with Gasteiger partial charge in [0, 0.05) is 0 Å². The standard InChI is InChI=1S/C22H29NO3/c1-5-18-7-9-19(10-8-18)26-21(6-2)22(24)23-11-12-25-20-14-16(3)13-17(4)15-20/h7-10,13-15,21H,5-6,11-12H2,1-4H3,(H,23,24)/t21-/m1/s1. The van der Waals surface area contributed by atoms with Crippen LogP contribution in [0, 0.1) is 13.8 Å². The Kier molecular flexibility index (Phi) is 7.52. The molecule has 0 aliphatic carbocycles. The number of hydrogen-bond donors (Lipinski definition) is 1. The molecule has 0 radical (unpaired) electrons. The molecule has 1 atom stereocenters. The molecule has 140 valence electrons. The van der Waals surface area contributed by atoms with Crippen LogP contribution in [0.1, 0.15) is 37.0 Å². The highest BCUT2D eigenvalue weighted by molar-refractivity contribution is 5.81. The molecular weight excluding hydrogens is 326 g/mol. The number of rotatable bonds is 9. The summed E-state index contributed by atoms with van der Waals surface area (Å²) in [6, 6.07) is 14.0. The number of benzene rings is 2. The number of hydrogen-bond acceptors (Lipinski definition) is 3. The minimum Gasteiger partial charge on any atom is -0.492 e. The molecule has 4 nitrogen and oxygen atoms in total. The molecule has 0 saturated heterocycles. The van der Waals surface area contributed by atoms with Crippen LogP contribution < -0.4 is 14.8 Å². The van der Waals surface area contributed by atoms with E-state index < -0.39 is 6.10 Å². The van der Waals surface area contributed by atoms with Crippen molar-refractivity contribution < 1.29 is 14.3 Å². The Labute approximate surface area is 156 Å². The molecule has 0 aliphatic heterocycles. The van der Waals surface area contributed by atoms with Crippen molar-refractivity contribution >= 4 is 5.91 Å². The Morgan fingerprint density at radius 1 is 1.00 bits per heavy atom. The van der Waals surface area contributed by atoms with Gasteiger partial charge in [-0.05, 0) is 67.6 Å². The van der Waals surface area contributed by atoms with Crippen molar-refractivity contribution in [2.24, 2.45) is 0 Å². The molecule has 2 aromatic rings. The number of carbonyl (C=O) groups excluding carboxylic acids is 1. The lowest BCUT2D eigenvalue weighted by molar-refractivity contribution is -0.128. The number of ether oxygens (including phenoxy) is 2. The summed E-state index contributed by atoms with van der Waals surface area (Å²) in [4.78, 5) is 12.3. The second-order valence-electron chi connectivity index (χ2n) is 6.48. The first kappa shape index (κ1) is 19.8. The zero-order valence-corrected chi connectivity index (χ0v) is 16.2. The van der Waals surface area contributed by atoms with Crippen molar-refractivity contribution in [2.75, 3.05) is 13.2 Å². The highest BCUT2D eigenvalue weighted by atomic mass is 16.5. The van der Waals surface area contributed by atoms with Crippen LogP contribution in [-0.2, 0) is 11.2 Å². The van der Waals surface area contributed by atoms with Gasteiger partial charge in [0.25, 0.3) is 5.91 Å². The van der Waals surface area contributed by atoms with Gasteiger partial charge in [0.15, 0.2) is 6.10 Å². The fraction of sp³-hybridized carbons (Fsp3) is 0.409. The van der Waals surface area contributed by atoms with Gasteiger partial charge in [-0.25, -0.2) is 0 Å². The molecule has 0 aromatic heterocycles. The van der Waals surface area contributed by atoms with E-state index in [-0.39, 0.29) is 5.91 Å². The van der Waals surface area contributed by atoms with Crippen LogP contribution in [0.4, 0.5) is 0 Å². The maximum Gasteiger partial charge on any atom is 0.261 e. The molecule has 0 spiro atoms. The summed E-state index contributed by atoms with van der Waals surface area (Å²) in [7, 11) is 0. The van der Waals surface area contributed by atoms with Crippen molar-refractivity contribution in [2.45, 2.75) is 46.6 Å². The van der Waals surface area contributed by atoms with E-state index in [4.69, 9.17) is 9.47 Å². The first-order valence-electron chi connectivity index (χ1n) is 9.26. The summed E-state index contributed by atoms with van der Waals surface area (Å²) in [5.41, 5.74) is 3.58. The molecule has 2 aromatic carbocycles. The predicted octanol–water partition coefficient (Wildman–Crippen LogP) is 4.22. The van der Waals surface area contributed by atoms with E-state index in [2.05, 4.69) is 18.3 Å². The van der Waals surface area contributed by atoms with Crippen LogP contribution in [0.2, 0.25) is 0 Å². The van der Waals surface area contributed by atoms with Crippen molar-refractivity contribution in [3.8, 4) is 11.5 Å². The van der Waals surface area contributed by atoms with Crippen molar-refractivity contribution in [1.82, 2.24) is 5.32 Å². The Hall–Kier alpha value is -2.49. The quantitative estimate of drug-likeness (QED) is 0.685. The second kappa shape index (κ2) is 9.85. The van der Waals surface area contributed by atoms with Crippen LogP contribution in [0.3, 0.4) is 0 Å². The summed E-state index contributed by atoms with van der Waals surface area (Å²) >= 11 is 0. The normalized spacial score (nSPS) is 11.7. The van der Waals surface area contributed by atoms with Gasteiger partial charge in [0.1, 0.15) is 18.1 Å². The topological polar surface area (TPSA) is 47.6 Å². The number of carbonyl (C=O) groups is 1. The van der Waals surface area contributed by atoms with Crippen LogP contribution in [0.5, 0.6) is 11.5 Å². The van der Waals surface area contributed by atoms with E-state index in [0.717, 1.165) is 29.0 Å². The third-order valence-electron chi connectivity index (χ3n) is 4.14. The number of nitrogens with one attached hydrogen (secondary N) is 1. The fourth-order valence-corrected chi connectivity index (χ4v) is 2.76. The Balaban J connectivity index is 1.79. The Morgan fingerprint density at radius 2 is 1.65 bits per heavy atom. The highest BCUT2D eigenvalue weighted by Gasteiger charge is 2.17. The number of aryl methyl sites for hydroxylation is 3. The maximum atomic E-state index is 12.3. The average molecular weight is 355 g/mol. The highest BCUT2D eigenvalue weighted by Crippen LogP contribution is 2.17. The third kappa shape index (κ3) is 6.10. The van der Waals surface area contributed by atoms with Gasteiger partial charge in [-0.2, -0.15) is 0 Å². The molecule has 1 amide bonds. The summed E-state index contributed by atoms with van der Waals surface area (Å²) < 4.78 is 11.5. The minimum absolute atomic E-state index is 0.115. The smallest absolute Gasteiger partial charge is 0.261 e.